The first kappa shape index (κ1) is 16.9. The zero-order chi connectivity index (χ0) is 16.0. The summed E-state index contributed by atoms with van der Waals surface area (Å²) in [4.78, 5) is 35.0. The van der Waals surface area contributed by atoms with Gasteiger partial charge in [-0.15, -0.1) is 0 Å². The minimum absolute atomic E-state index is 0.0977. The number of carbonyl (C=O) groups excluding carboxylic acids is 3. The molecule has 0 bridgehead atoms. The van der Waals surface area contributed by atoms with Crippen molar-refractivity contribution in [2.24, 2.45) is 5.41 Å². The van der Waals surface area contributed by atoms with Crippen LogP contribution in [-0.4, -0.2) is 24.1 Å². The van der Waals surface area contributed by atoms with Crippen molar-refractivity contribution in [3.8, 4) is 0 Å². The number of hydrogen-bond donors (Lipinski definition) is 2. The summed E-state index contributed by atoms with van der Waals surface area (Å²) < 4.78 is 0. The quantitative estimate of drug-likeness (QED) is 0.818. The molecule has 0 aliphatic carbocycles. The van der Waals surface area contributed by atoms with E-state index in [1.165, 1.54) is 6.92 Å². The van der Waals surface area contributed by atoms with Gasteiger partial charge in [-0.2, -0.15) is 0 Å². The molecule has 114 valence electrons. The third-order valence-electron chi connectivity index (χ3n) is 2.90. The summed E-state index contributed by atoms with van der Waals surface area (Å²) in [7, 11) is 0. The van der Waals surface area contributed by atoms with E-state index in [0.29, 0.717) is 11.3 Å². The van der Waals surface area contributed by atoms with Crippen LogP contribution in [0.1, 0.15) is 44.5 Å². The number of anilines is 1. The van der Waals surface area contributed by atoms with Gasteiger partial charge in [0.05, 0.1) is 5.69 Å². The lowest BCUT2D eigenvalue weighted by Crippen LogP contribution is -2.36. The molecule has 5 nitrogen and oxygen atoms in total. The topological polar surface area (TPSA) is 75.3 Å². The summed E-state index contributed by atoms with van der Waals surface area (Å²) >= 11 is 0. The molecular weight excluding hydrogens is 268 g/mol. The summed E-state index contributed by atoms with van der Waals surface area (Å²) in [6, 6.07) is 6.85. The van der Waals surface area contributed by atoms with Gasteiger partial charge in [-0.1, -0.05) is 32.9 Å². The van der Waals surface area contributed by atoms with Crippen molar-refractivity contribution in [1.82, 2.24) is 5.32 Å². The Labute approximate surface area is 125 Å². The molecule has 5 heteroatoms. The molecular formula is C16H22N2O3. The van der Waals surface area contributed by atoms with Crippen LogP contribution in [-0.2, 0) is 9.59 Å². The fourth-order valence-electron chi connectivity index (χ4n) is 1.67. The molecule has 2 N–H and O–H groups in total. The third-order valence-corrected chi connectivity index (χ3v) is 2.90. The number of nitrogens with one attached hydrogen (secondary N) is 2. The minimum atomic E-state index is -0.474. The molecule has 0 aliphatic rings. The molecule has 0 unspecified atom stereocenters. The first-order valence-electron chi connectivity index (χ1n) is 6.90. The predicted molar refractivity (Wildman–Crippen MR) is 82.2 cm³/mol. The summed E-state index contributed by atoms with van der Waals surface area (Å²) in [5.74, 6) is -0.440. The maximum absolute atomic E-state index is 11.8. The van der Waals surface area contributed by atoms with E-state index >= 15 is 0 Å². The van der Waals surface area contributed by atoms with Crippen LogP contribution >= 0.6 is 0 Å². The molecule has 0 fully saturated rings. The van der Waals surface area contributed by atoms with Crippen LogP contribution in [0, 0.1) is 5.41 Å². The second kappa shape index (κ2) is 7.02. The Morgan fingerprint density at radius 2 is 1.71 bits per heavy atom. The van der Waals surface area contributed by atoms with E-state index in [4.69, 9.17) is 0 Å². The van der Waals surface area contributed by atoms with E-state index in [0.717, 1.165) is 0 Å². The smallest absolute Gasteiger partial charge is 0.226 e. The van der Waals surface area contributed by atoms with Gasteiger partial charge in [0.2, 0.25) is 11.8 Å². The van der Waals surface area contributed by atoms with Crippen LogP contribution in [0.15, 0.2) is 24.3 Å². The van der Waals surface area contributed by atoms with E-state index in [1.807, 2.05) is 20.8 Å². The van der Waals surface area contributed by atoms with Crippen LogP contribution in [0.4, 0.5) is 5.69 Å². The zero-order valence-electron chi connectivity index (χ0n) is 12.9. The molecule has 0 saturated heterocycles. The van der Waals surface area contributed by atoms with E-state index in [2.05, 4.69) is 10.6 Å². The van der Waals surface area contributed by atoms with Crippen LogP contribution in [0.3, 0.4) is 0 Å². The zero-order valence-corrected chi connectivity index (χ0v) is 12.9. The highest BCUT2D eigenvalue weighted by molar-refractivity contribution is 6.03. The lowest BCUT2D eigenvalue weighted by atomic mass is 9.96. The molecule has 0 heterocycles. The van der Waals surface area contributed by atoms with Crippen molar-refractivity contribution in [3.05, 3.63) is 29.8 Å². The molecule has 0 aliphatic heterocycles. The standard InChI is InChI=1S/C16H22N2O3/c1-11(19)12-7-5-6-8-13(12)18-14(20)9-10-17-15(21)16(2,3)4/h5-8H,9-10H2,1-4H3,(H,17,21)(H,18,20). The molecule has 1 aromatic carbocycles. The highest BCUT2D eigenvalue weighted by Crippen LogP contribution is 2.16. The number of benzene rings is 1. The van der Waals surface area contributed by atoms with Crippen molar-refractivity contribution < 1.29 is 14.4 Å². The number of rotatable bonds is 5. The lowest BCUT2D eigenvalue weighted by molar-refractivity contribution is -0.128. The Balaban J connectivity index is 2.52. The fourth-order valence-corrected chi connectivity index (χ4v) is 1.67. The van der Waals surface area contributed by atoms with E-state index < -0.39 is 5.41 Å². The van der Waals surface area contributed by atoms with Gasteiger partial charge in [0, 0.05) is 23.9 Å². The minimum Gasteiger partial charge on any atom is -0.355 e. The predicted octanol–water partition coefficient (Wildman–Crippen LogP) is 2.38. The van der Waals surface area contributed by atoms with E-state index in [9.17, 15) is 14.4 Å². The lowest BCUT2D eigenvalue weighted by Gasteiger charge is -2.17. The van der Waals surface area contributed by atoms with Gasteiger partial charge in [-0.05, 0) is 19.1 Å². The monoisotopic (exact) mass is 290 g/mol. The van der Waals surface area contributed by atoms with Gasteiger partial charge in [0.15, 0.2) is 5.78 Å². The molecule has 1 rings (SSSR count). The number of Topliss-reactive ketones (excluding diaryl/α,β-unsaturated/α-hetero) is 1. The first-order valence-corrected chi connectivity index (χ1v) is 6.90. The number of para-hydroxylation sites is 1. The van der Waals surface area contributed by atoms with Gasteiger partial charge in [0.1, 0.15) is 0 Å². The maximum atomic E-state index is 11.8. The Hall–Kier alpha value is -2.17. The van der Waals surface area contributed by atoms with Crippen molar-refractivity contribution in [3.63, 3.8) is 0 Å². The average molecular weight is 290 g/mol. The molecule has 1 aromatic rings. The Morgan fingerprint density at radius 3 is 2.29 bits per heavy atom. The number of carbonyl (C=O) groups is 3. The Kier molecular flexibility index (Phi) is 5.64. The first-order chi connectivity index (χ1) is 9.71. The SMILES string of the molecule is CC(=O)c1ccccc1NC(=O)CCNC(=O)C(C)(C)C. The fraction of sp³-hybridized carbons (Fsp3) is 0.438. The number of ketones is 1. The maximum Gasteiger partial charge on any atom is 0.226 e. The van der Waals surface area contributed by atoms with Crippen LogP contribution < -0.4 is 10.6 Å². The van der Waals surface area contributed by atoms with Crippen molar-refractivity contribution in [1.29, 1.82) is 0 Å². The van der Waals surface area contributed by atoms with Crippen molar-refractivity contribution >= 4 is 23.3 Å². The van der Waals surface area contributed by atoms with Gasteiger partial charge in [0.25, 0.3) is 0 Å². The largest absolute Gasteiger partial charge is 0.355 e. The van der Waals surface area contributed by atoms with Crippen LogP contribution in [0.25, 0.3) is 0 Å². The van der Waals surface area contributed by atoms with Crippen LogP contribution in [0.2, 0.25) is 0 Å². The Morgan fingerprint density at radius 1 is 1.10 bits per heavy atom. The van der Waals surface area contributed by atoms with Gasteiger partial charge >= 0.3 is 0 Å². The molecule has 0 radical (unpaired) electrons. The molecule has 0 aromatic heterocycles. The second-order valence-corrected chi connectivity index (χ2v) is 5.91. The number of hydrogen-bond acceptors (Lipinski definition) is 3. The molecule has 21 heavy (non-hydrogen) atoms. The van der Waals surface area contributed by atoms with Gasteiger partial charge in [-0.3, -0.25) is 14.4 Å². The Bertz CT molecular complexity index is 545. The van der Waals surface area contributed by atoms with Gasteiger partial charge in [-0.25, -0.2) is 0 Å². The van der Waals surface area contributed by atoms with Crippen LogP contribution in [0.5, 0.6) is 0 Å². The normalized spacial score (nSPS) is 10.9. The third kappa shape index (κ3) is 5.38. The molecule has 2 amide bonds. The van der Waals surface area contributed by atoms with Crippen molar-refractivity contribution in [2.75, 3.05) is 11.9 Å². The van der Waals surface area contributed by atoms with E-state index in [1.54, 1.807) is 24.3 Å². The second-order valence-electron chi connectivity index (χ2n) is 5.91. The highest BCUT2D eigenvalue weighted by Gasteiger charge is 2.20. The summed E-state index contributed by atoms with van der Waals surface area (Å²) in [5, 5.41) is 5.40. The average Bonchev–Trinajstić information content (AvgIpc) is 2.37. The summed E-state index contributed by atoms with van der Waals surface area (Å²) in [6.07, 6.45) is 0.161. The van der Waals surface area contributed by atoms with Crippen molar-refractivity contribution in [2.45, 2.75) is 34.1 Å². The summed E-state index contributed by atoms with van der Waals surface area (Å²) in [5.41, 5.74) is 0.499. The molecule has 0 spiro atoms. The highest BCUT2D eigenvalue weighted by atomic mass is 16.2. The molecule has 0 saturated carbocycles. The summed E-state index contributed by atoms with van der Waals surface area (Å²) in [6.45, 7) is 7.15. The number of amides is 2. The molecule has 0 atom stereocenters. The van der Waals surface area contributed by atoms with E-state index in [-0.39, 0.29) is 30.6 Å². The van der Waals surface area contributed by atoms with Gasteiger partial charge < -0.3 is 10.6 Å².